The number of fused-ring (bicyclic) bond motifs is 1. The molecule has 4 rings (SSSR count). The maximum absolute atomic E-state index is 13.7. The molecule has 6 heteroatoms. The van der Waals surface area contributed by atoms with E-state index in [0.29, 0.717) is 31.0 Å². The van der Waals surface area contributed by atoms with Gasteiger partial charge in [-0.3, -0.25) is 9.36 Å². The minimum absolute atomic E-state index is 0.104. The van der Waals surface area contributed by atoms with E-state index in [1.807, 2.05) is 74.5 Å². The fraction of sp³-hybridized carbons (Fsp3) is 0.320. The summed E-state index contributed by atoms with van der Waals surface area (Å²) in [5.74, 6) is 0.670. The first kappa shape index (κ1) is 20.8. The highest BCUT2D eigenvalue weighted by Crippen LogP contribution is 2.27. The molecule has 1 aliphatic heterocycles. The lowest BCUT2D eigenvalue weighted by Gasteiger charge is -2.30. The molecule has 0 saturated carbocycles. The maximum atomic E-state index is 13.7. The molecule has 1 aliphatic rings. The molecule has 2 heterocycles. The van der Waals surface area contributed by atoms with Crippen LogP contribution in [0.5, 0.6) is 0 Å². The van der Waals surface area contributed by atoms with Crippen molar-refractivity contribution in [3.8, 4) is 0 Å². The zero-order valence-electron chi connectivity index (χ0n) is 18.0. The van der Waals surface area contributed by atoms with Crippen molar-refractivity contribution in [1.82, 2.24) is 14.5 Å². The minimum Gasteiger partial charge on any atom is -0.449 e. The minimum atomic E-state index is -0.373. The van der Waals surface area contributed by atoms with Crippen molar-refractivity contribution in [3.63, 3.8) is 0 Å². The van der Waals surface area contributed by atoms with Gasteiger partial charge in [-0.1, -0.05) is 67.6 Å². The second-order valence-corrected chi connectivity index (χ2v) is 7.77. The number of carbonyl (C=O) groups excluding carboxylic acids is 1. The van der Waals surface area contributed by atoms with Gasteiger partial charge in [0.2, 0.25) is 0 Å². The van der Waals surface area contributed by atoms with E-state index >= 15 is 0 Å². The molecular formula is C25H27N3O3. The van der Waals surface area contributed by atoms with Crippen LogP contribution in [0.15, 0.2) is 65.5 Å². The lowest BCUT2D eigenvalue weighted by atomic mass is 9.97. The molecule has 31 heavy (non-hydrogen) atoms. The van der Waals surface area contributed by atoms with E-state index in [9.17, 15) is 9.59 Å². The Kier molecular flexibility index (Phi) is 6.16. The smallest absolute Gasteiger partial charge is 0.410 e. The van der Waals surface area contributed by atoms with Gasteiger partial charge in [0, 0.05) is 13.0 Å². The first-order valence-electron chi connectivity index (χ1n) is 10.7. The van der Waals surface area contributed by atoms with Crippen LogP contribution in [0.1, 0.15) is 47.6 Å². The molecule has 0 atom stereocenters. The topological polar surface area (TPSA) is 64.4 Å². The Bertz CT molecular complexity index is 1070. The molecule has 0 spiro atoms. The Morgan fingerprint density at radius 3 is 2.26 bits per heavy atom. The summed E-state index contributed by atoms with van der Waals surface area (Å²) in [5.41, 5.74) is 3.26. The van der Waals surface area contributed by atoms with Crippen LogP contribution >= 0.6 is 0 Å². The Labute approximate surface area is 182 Å². The van der Waals surface area contributed by atoms with Crippen molar-refractivity contribution >= 4 is 6.09 Å². The van der Waals surface area contributed by atoms with E-state index in [2.05, 4.69) is 0 Å². The summed E-state index contributed by atoms with van der Waals surface area (Å²) in [6.07, 6.45) is 0.940. The van der Waals surface area contributed by atoms with Gasteiger partial charge in [0.05, 0.1) is 30.5 Å². The summed E-state index contributed by atoms with van der Waals surface area (Å²) < 4.78 is 7.04. The zero-order valence-corrected chi connectivity index (χ0v) is 18.0. The molecule has 0 unspecified atom stereocenters. The van der Waals surface area contributed by atoms with Crippen LogP contribution in [0.4, 0.5) is 4.79 Å². The van der Waals surface area contributed by atoms with Gasteiger partial charge in [-0.25, -0.2) is 9.78 Å². The number of hydrogen-bond acceptors (Lipinski definition) is 4. The molecule has 6 nitrogen and oxygen atoms in total. The summed E-state index contributed by atoms with van der Waals surface area (Å²) >= 11 is 0. The van der Waals surface area contributed by atoms with Gasteiger partial charge in [0.25, 0.3) is 5.56 Å². The van der Waals surface area contributed by atoms with Crippen molar-refractivity contribution in [2.45, 2.75) is 39.3 Å². The van der Waals surface area contributed by atoms with E-state index in [0.717, 1.165) is 23.2 Å². The SMILES string of the molecule is CCCOC(=O)N1CCc2nc(C)n(C(c3ccccc3)c3ccccc3)c(=O)c2C1. The highest BCUT2D eigenvalue weighted by molar-refractivity contribution is 5.68. The summed E-state index contributed by atoms with van der Waals surface area (Å²) in [7, 11) is 0. The number of rotatable bonds is 5. The Morgan fingerprint density at radius 2 is 1.68 bits per heavy atom. The largest absolute Gasteiger partial charge is 0.449 e. The van der Waals surface area contributed by atoms with Gasteiger partial charge >= 0.3 is 6.09 Å². The van der Waals surface area contributed by atoms with E-state index in [1.54, 1.807) is 9.47 Å². The highest BCUT2D eigenvalue weighted by Gasteiger charge is 2.29. The molecule has 1 amide bonds. The van der Waals surface area contributed by atoms with Gasteiger partial charge in [-0.05, 0) is 24.5 Å². The number of aromatic nitrogens is 2. The molecule has 0 N–H and O–H groups in total. The number of ether oxygens (including phenoxy) is 1. The van der Waals surface area contributed by atoms with Gasteiger partial charge < -0.3 is 9.64 Å². The Morgan fingerprint density at radius 1 is 1.06 bits per heavy atom. The molecule has 3 aromatic rings. The monoisotopic (exact) mass is 417 g/mol. The average Bonchev–Trinajstić information content (AvgIpc) is 2.81. The molecule has 0 radical (unpaired) electrons. The number of amides is 1. The van der Waals surface area contributed by atoms with E-state index in [1.165, 1.54) is 0 Å². The number of benzene rings is 2. The van der Waals surface area contributed by atoms with Crippen molar-refractivity contribution in [1.29, 1.82) is 0 Å². The van der Waals surface area contributed by atoms with Gasteiger partial charge in [0.15, 0.2) is 0 Å². The lowest BCUT2D eigenvalue weighted by Crippen LogP contribution is -2.42. The van der Waals surface area contributed by atoms with Gasteiger partial charge in [0.1, 0.15) is 5.82 Å². The first-order valence-corrected chi connectivity index (χ1v) is 10.7. The molecular weight excluding hydrogens is 390 g/mol. The summed E-state index contributed by atoms with van der Waals surface area (Å²) in [6.45, 7) is 4.94. The van der Waals surface area contributed by atoms with Crippen LogP contribution in [0.2, 0.25) is 0 Å². The quantitative estimate of drug-likeness (QED) is 0.627. The molecule has 1 aromatic heterocycles. The zero-order chi connectivity index (χ0) is 21.8. The summed E-state index contributed by atoms with van der Waals surface area (Å²) in [6, 6.07) is 19.6. The average molecular weight is 418 g/mol. The third-order valence-corrected chi connectivity index (χ3v) is 5.61. The molecule has 2 aromatic carbocycles. The fourth-order valence-corrected chi connectivity index (χ4v) is 4.11. The van der Waals surface area contributed by atoms with Crippen molar-refractivity contribution in [2.24, 2.45) is 0 Å². The van der Waals surface area contributed by atoms with Crippen LogP contribution in [0.3, 0.4) is 0 Å². The van der Waals surface area contributed by atoms with Crippen LogP contribution in [0.25, 0.3) is 0 Å². The molecule has 0 bridgehead atoms. The summed E-state index contributed by atoms with van der Waals surface area (Å²) in [4.78, 5) is 32.5. The third-order valence-electron chi connectivity index (χ3n) is 5.61. The second kappa shape index (κ2) is 9.16. The van der Waals surface area contributed by atoms with E-state index < -0.39 is 0 Å². The Balaban J connectivity index is 1.80. The first-order chi connectivity index (χ1) is 15.1. The lowest BCUT2D eigenvalue weighted by molar-refractivity contribution is 0.0972. The standard InChI is InChI=1S/C25H27N3O3/c1-3-16-31-25(30)27-15-14-22-21(17-27)24(29)28(18(2)26-22)23(19-10-6-4-7-11-19)20-12-8-5-9-13-20/h4-13,23H,3,14-17H2,1-2H3. The van der Waals surface area contributed by atoms with Gasteiger partial charge in [-0.2, -0.15) is 0 Å². The summed E-state index contributed by atoms with van der Waals surface area (Å²) in [5, 5.41) is 0. The van der Waals surface area contributed by atoms with E-state index in [-0.39, 0.29) is 24.2 Å². The molecule has 160 valence electrons. The second-order valence-electron chi connectivity index (χ2n) is 7.77. The van der Waals surface area contributed by atoms with Crippen LogP contribution in [-0.2, 0) is 17.7 Å². The maximum Gasteiger partial charge on any atom is 0.410 e. The van der Waals surface area contributed by atoms with Crippen LogP contribution < -0.4 is 5.56 Å². The predicted molar refractivity (Wildman–Crippen MR) is 119 cm³/mol. The third kappa shape index (κ3) is 4.24. The fourth-order valence-electron chi connectivity index (χ4n) is 4.11. The highest BCUT2D eigenvalue weighted by atomic mass is 16.6. The Hall–Kier alpha value is -3.41. The molecule has 0 aliphatic carbocycles. The van der Waals surface area contributed by atoms with E-state index in [4.69, 9.17) is 9.72 Å². The van der Waals surface area contributed by atoms with Gasteiger partial charge in [-0.15, -0.1) is 0 Å². The predicted octanol–water partition coefficient (Wildman–Crippen LogP) is 4.09. The number of aryl methyl sites for hydroxylation is 1. The van der Waals surface area contributed by atoms with Crippen molar-refractivity contribution in [2.75, 3.05) is 13.2 Å². The van der Waals surface area contributed by atoms with Crippen LogP contribution in [-0.4, -0.2) is 33.7 Å². The number of nitrogens with zero attached hydrogens (tertiary/aromatic N) is 3. The molecule has 0 saturated heterocycles. The van der Waals surface area contributed by atoms with Crippen molar-refractivity contribution in [3.05, 3.63) is 99.2 Å². The number of hydrogen-bond donors (Lipinski definition) is 0. The number of carbonyl (C=O) groups is 1. The normalized spacial score (nSPS) is 13.2. The van der Waals surface area contributed by atoms with Crippen molar-refractivity contribution < 1.29 is 9.53 Å². The molecule has 0 fully saturated rings. The van der Waals surface area contributed by atoms with Crippen LogP contribution in [0, 0.1) is 6.92 Å².